The molecular weight excluding hydrogens is 258 g/mol. The highest BCUT2D eigenvalue weighted by Crippen LogP contribution is 2.37. The fourth-order valence-corrected chi connectivity index (χ4v) is 3.65. The van der Waals surface area contributed by atoms with Crippen LogP contribution in [0.15, 0.2) is 24.3 Å². The summed E-state index contributed by atoms with van der Waals surface area (Å²) in [7, 11) is 0. The van der Waals surface area contributed by atoms with Crippen molar-refractivity contribution >= 4 is 17.5 Å². The van der Waals surface area contributed by atoms with E-state index in [-0.39, 0.29) is 5.92 Å². The van der Waals surface area contributed by atoms with Crippen molar-refractivity contribution in [2.45, 2.75) is 44.1 Å². The summed E-state index contributed by atoms with van der Waals surface area (Å²) in [4.78, 5) is 14.8. The van der Waals surface area contributed by atoms with Crippen LogP contribution in [0.1, 0.15) is 42.7 Å². The summed E-state index contributed by atoms with van der Waals surface area (Å²) in [6.45, 7) is 0.916. The Kier molecular flexibility index (Phi) is 3.79. The number of nitrogens with zero attached hydrogens (tertiary/aromatic N) is 1. The molecule has 19 heavy (non-hydrogen) atoms. The third-order valence-corrected chi connectivity index (χ3v) is 4.72. The highest BCUT2D eigenvalue weighted by atomic mass is 35.5. The SMILES string of the molecule is O=C(C1Cc2ccccc21)N1CCCCC1CCCl. The molecule has 1 amide bonds. The van der Waals surface area contributed by atoms with Gasteiger partial charge in [-0.25, -0.2) is 0 Å². The lowest BCUT2D eigenvalue weighted by atomic mass is 9.76. The average molecular weight is 278 g/mol. The van der Waals surface area contributed by atoms with Crippen molar-refractivity contribution in [1.29, 1.82) is 0 Å². The molecule has 3 rings (SSSR count). The van der Waals surface area contributed by atoms with Crippen LogP contribution in [0.5, 0.6) is 0 Å². The summed E-state index contributed by atoms with van der Waals surface area (Å²) in [6.07, 6.45) is 5.33. The second kappa shape index (κ2) is 5.54. The minimum Gasteiger partial charge on any atom is -0.339 e. The molecule has 1 aromatic carbocycles. The van der Waals surface area contributed by atoms with E-state index in [0.717, 1.165) is 32.2 Å². The van der Waals surface area contributed by atoms with Gasteiger partial charge in [-0.2, -0.15) is 0 Å². The first-order valence-electron chi connectivity index (χ1n) is 7.25. The second-order valence-corrected chi connectivity index (χ2v) is 5.99. The monoisotopic (exact) mass is 277 g/mol. The number of likely N-dealkylation sites (tertiary alicyclic amines) is 1. The molecular formula is C16H20ClNO. The number of piperidine rings is 1. The van der Waals surface area contributed by atoms with Gasteiger partial charge < -0.3 is 4.90 Å². The maximum Gasteiger partial charge on any atom is 0.230 e. The number of fused-ring (bicyclic) bond motifs is 1. The predicted octanol–water partition coefficient (Wildman–Crippen LogP) is 3.34. The zero-order chi connectivity index (χ0) is 13.2. The highest BCUT2D eigenvalue weighted by molar-refractivity contribution is 6.17. The maximum atomic E-state index is 12.7. The summed E-state index contributed by atoms with van der Waals surface area (Å²) in [6, 6.07) is 8.68. The van der Waals surface area contributed by atoms with Crippen LogP contribution in [0.2, 0.25) is 0 Å². The Balaban J connectivity index is 1.73. The van der Waals surface area contributed by atoms with Crippen LogP contribution in [0, 0.1) is 0 Å². The van der Waals surface area contributed by atoms with Crippen molar-refractivity contribution in [1.82, 2.24) is 4.90 Å². The van der Waals surface area contributed by atoms with Gasteiger partial charge in [-0.1, -0.05) is 24.3 Å². The van der Waals surface area contributed by atoms with Crippen molar-refractivity contribution < 1.29 is 4.79 Å². The van der Waals surface area contributed by atoms with Gasteiger partial charge in [0, 0.05) is 18.5 Å². The third kappa shape index (κ3) is 2.38. The topological polar surface area (TPSA) is 20.3 Å². The van der Waals surface area contributed by atoms with E-state index in [1.165, 1.54) is 17.5 Å². The summed E-state index contributed by atoms with van der Waals surface area (Å²) in [5, 5.41) is 0. The highest BCUT2D eigenvalue weighted by Gasteiger charge is 2.37. The summed E-state index contributed by atoms with van der Waals surface area (Å²) in [5.74, 6) is 1.08. The minimum atomic E-state index is 0.104. The minimum absolute atomic E-state index is 0.104. The Morgan fingerprint density at radius 1 is 1.32 bits per heavy atom. The van der Waals surface area contributed by atoms with Crippen LogP contribution in [0.3, 0.4) is 0 Å². The summed E-state index contributed by atoms with van der Waals surface area (Å²) >= 11 is 5.88. The van der Waals surface area contributed by atoms with Gasteiger partial charge in [0.05, 0.1) is 5.92 Å². The molecule has 2 atom stereocenters. The number of hydrogen-bond donors (Lipinski definition) is 0. The average Bonchev–Trinajstić information content (AvgIpc) is 2.41. The van der Waals surface area contributed by atoms with Gasteiger partial charge >= 0.3 is 0 Å². The van der Waals surface area contributed by atoms with Gasteiger partial charge in [-0.3, -0.25) is 4.79 Å². The molecule has 1 saturated heterocycles. The lowest BCUT2D eigenvalue weighted by Gasteiger charge is -2.40. The van der Waals surface area contributed by atoms with Crippen LogP contribution in [0.4, 0.5) is 0 Å². The Hall–Kier alpha value is -1.02. The van der Waals surface area contributed by atoms with E-state index in [2.05, 4.69) is 23.1 Å². The van der Waals surface area contributed by atoms with Crippen LogP contribution in [-0.4, -0.2) is 29.3 Å². The van der Waals surface area contributed by atoms with E-state index < -0.39 is 0 Å². The number of halogens is 1. The molecule has 102 valence electrons. The number of carbonyl (C=O) groups excluding carboxylic acids is 1. The number of alkyl halides is 1. The molecule has 0 spiro atoms. The fourth-order valence-electron chi connectivity index (χ4n) is 3.40. The van der Waals surface area contributed by atoms with E-state index in [0.29, 0.717) is 17.8 Å². The Bertz CT molecular complexity index is 472. The molecule has 0 bridgehead atoms. The maximum absolute atomic E-state index is 12.7. The van der Waals surface area contributed by atoms with Crippen molar-refractivity contribution in [3.63, 3.8) is 0 Å². The molecule has 2 aliphatic rings. The van der Waals surface area contributed by atoms with Crippen molar-refractivity contribution in [2.75, 3.05) is 12.4 Å². The van der Waals surface area contributed by atoms with E-state index >= 15 is 0 Å². The molecule has 3 heteroatoms. The summed E-state index contributed by atoms with van der Waals surface area (Å²) in [5.41, 5.74) is 2.58. The zero-order valence-corrected chi connectivity index (χ0v) is 11.9. The number of carbonyl (C=O) groups is 1. The lowest BCUT2D eigenvalue weighted by Crippen LogP contribution is -2.48. The van der Waals surface area contributed by atoms with E-state index in [9.17, 15) is 4.79 Å². The first-order chi connectivity index (χ1) is 9.31. The Morgan fingerprint density at radius 2 is 2.16 bits per heavy atom. The van der Waals surface area contributed by atoms with Crippen LogP contribution >= 0.6 is 11.6 Å². The van der Waals surface area contributed by atoms with Gasteiger partial charge in [-0.05, 0) is 43.2 Å². The molecule has 0 radical (unpaired) electrons. The van der Waals surface area contributed by atoms with Gasteiger partial charge in [0.2, 0.25) is 5.91 Å². The third-order valence-electron chi connectivity index (χ3n) is 4.51. The van der Waals surface area contributed by atoms with Crippen molar-refractivity contribution in [3.05, 3.63) is 35.4 Å². The zero-order valence-electron chi connectivity index (χ0n) is 11.1. The molecule has 0 N–H and O–H groups in total. The first kappa shape index (κ1) is 13.0. The van der Waals surface area contributed by atoms with Crippen LogP contribution < -0.4 is 0 Å². The van der Waals surface area contributed by atoms with Crippen LogP contribution in [0.25, 0.3) is 0 Å². The molecule has 1 aliphatic heterocycles. The Labute approximate surface area is 119 Å². The number of rotatable bonds is 3. The van der Waals surface area contributed by atoms with Gasteiger partial charge in [0.25, 0.3) is 0 Å². The molecule has 1 fully saturated rings. The fraction of sp³-hybridized carbons (Fsp3) is 0.562. The normalized spacial score (nSPS) is 25.6. The molecule has 2 unspecified atom stereocenters. The molecule has 1 heterocycles. The second-order valence-electron chi connectivity index (χ2n) is 5.61. The van der Waals surface area contributed by atoms with E-state index in [4.69, 9.17) is 11.6 Å². The largest absolute Gasteiger partial charge is 0.339 e. The number of benzene rings is 1. The van der Waals surface area contributed by atoms with Crippen LogP contribution in [-0.2, 0) is 11.2 Å². The standard InChI is InChI=1S/C16H20ClNO/c17-9-8-13-6-3-4-10-18(13)16(19)15-11-12-5-1-2-7-14(12)15/h1-2,5,7,13,15H,3-4,6,8-11H2. The quantitative estimate of drug-likeness (QED) is 0.776. The summed E-state index contributed by atoms with van der Waals surface area (Å²) < 4.78 is 0. The number of amides is 1. The molecule has 1 aliphatic carbocycles. The van der Waals surface area contributed by atoms with E-state index in [1.807, 2.05) is 6.07 Å². The van der Waals surface area contributed by atoms with Gasteiger partial charge in [0.1, 0.15) is 0 Å². The van der Waals surface area contributed by atoms with E-state index in [1.54, 1.807) is 0 Å². The predicted molar refractivity (Wildman–Crippen MR) is 77.6 cm³/mol. The van der Waals surface area contributed by atoms with Gasteiger partial charge in [0.15, 0.2) is 0 Å². The molecule has 2 nitrogen and oxygen atoms in total. The van der Waals surface area contributed by atoms with Crippen molar-refractivity contribution in [2.24, 2.45) is 0 Å². The van der Waals surface area contributed by atoms with Gasteiger partial charge in [-0.15, -0.1) is 11.6 Å². The first-order valence-corrected chi connectivity index (χ1v) is 7.79. The Morgan fingerprint density at radius 3 is 2.95 bits per heavy atom. The number of hydrogen-bond acceptors (Lipinski definition) is 1. The smallest absolute Gasteiger partial charge is 0.230 e. The molecule has 1 aromatic rings. The molecule has 0 aromatic heterocycles. The molecule has 0 saturated carbocycles. The van der Waals surface area contributed by atoms with Crippen molar-refractivity contribution in [3.8, 4) is 0 Å². The lowest BCUT2D eigenvalue weighted by molar-refractivity contribution is -0.137.